The molecule has 1 aromatic rings. The number of likely N-dealkylation sites (N-methyl/N-ethyl adjacent to an activating group) is 1. The van der Waals surface area contributed by atoms with Crippen LogP contribution in [0.5, 0.6) is 11.5 Å². The smallest absolute Gasteiger partial charge is 0.231 e. The third-order valence-corrected chi connectivity index (χ3v) is 3.52. The molecule has 92 valence electrons. The standard InChI is InChI=1S/C13H18N2O2/c1-10-8-14(2)5-6-15(10)11-3-4-12-13(7-11)17-9-16-12/h3-4,7,10H,5-6,8-9H2,1-2H3. The van der Waals surface area contributed by atoms with E-state index in [9.17, 15) is 0 Å². The zero-order chi connectivity index (χ0) is 11.8. The number of hydrogen-bond donors (Lipinski definition) is 0. The Labute approximate surface area is 102 Å². The third-order valence-electron chi connectivity index (χ3n) is 3.52. The number of fused-ring (bicyclic) bond motifs is 1. The first-order chi connectivity index (χ1) is 8.24. The average molecular weight is 234 g/mol. The van der Waals surface area contributed by atoms with E-state index in [4.69, 9.17) is 9.47 Å². The molecule has 2 heterocycles. The molecule has 0 amide bonds. The van der Waals surface area contributed by atoms with Crippen LogP contribution in [0.15, 0.2) is 18.2 Å². The summed E-state index contributed by atoms with van der Waals surface area (Å²) in [6.45, 7) is 5.89. The normalized spacial score (nSPS) is 24.1. The van der Waals surface area contributed by atoms with Crippen molar-refractivity contribution in [3.8, 4) is 11.5 Å². The molecule has 1 atom stereocenters. The van der Waals surface area contributed by atoms with Crippen molar-refractivity contribution in [1.82, 2.24) is 4.90 Å². The minimum absolute atomic E-state index is 0.344. The molecule has 1 unspecified atom stereocenters. The van der Waals surface area contributed by atoms with Gasteiger partial charge in [0.2, 0.25) is 6.79 Å². The molecule has 2 aliphatic rings. The highest BCUT2D eigenvalue weighted by Gasteiger charge is 2.23. The Morgan fingerprint density at radius 3 is 2.82 bits per heavy atom. The Hall–Kier alpha value is -1.42. The lowest BCUT2D eigenvalue weighted by Crippen LogP contribution is -2.50. The fraction of sp³-hybridized carbons (Fsp3) is 0.538. The summed E-state index contributed by atoms with van der Waals surface area (Å²) in [5.41, 5.74) is 1.23. The molecule has 2 aliphatic heterocycles. The Kier molecular flexibility index (Phi) is 2.59. The second-order valence-electron chi connectivity index (χ2n) is 4.84. The zero-order valence-electron chi connectivity index (χ0n) is 10.3. The van der Waals surface area contributed by atoms with Crippen molar-refractivity contribution in [2.45, 2.75) is 13.0 Å². The van der Waals surface area contributed by atoms with E-state index >= 15 is 0 Å². The van der Waals surface area contributed by atoms with Crippen LogP contribution in [0.1, 0.15) is 6.92 Å². The molecule has 0 aromatic heterocycles. The average Bonchev–Trinajstić information content (AvgIpc) is 2.75. The van der Waals surface area contributed by atoms with Crippen molar-refractivity contribution in [3.63, 3.8) is 0 Å². The van der Waals surface area contributed by atoms with Crippen LogP contribution in [0.3, 0.4) is 0 Å². The number of anilines is 1. The second kappa shape index (κ2) is 4.11. The van der Waals surface area contributed by atoms with Crippen LogP contribution in [-0.2, 0) is 0 Å². The highest BCUT2D eigenvalue weighted by atomic mass is 16.7. The van der Waals surface area contributed by atoms with Crippen LogP contribution in [0.25, 0.3) is 0 Å². The monoisotopic (exact) mass is 234 g/mol. The summed E-state index contributed by atoms with van der Waals surface area (Å²) < 4.78 is 10.8. The van der Waals surface area contributed by atoms with Gasteiger partial charge in [0.25, 0.3) is 0 Å². The van der Waals surface area contributed by atoms with Crippen LogP contribution in [0.2, 0.25) is 0 Å². The van der Waals surface area contributed by atoms with Crippen molar-refractivity contribution in [2.24, 2.45) is 0 Å². The Morgan fingerprint density at radius 2 is 2.00 bits per heavy atom. The van der Waals surface area contributed by atoms with Gasteiger partial charge in [0, 0.05) is 37.4 Å². The number of ether oxygens (including phenoxy) is 2. The topological polar surface area (TPSA) is 24.9 Å². The van der Waals surface area contributed by atoms with Crippen molar-refractivity contribution in [2.75, 3.05) is 38.4 Å². The number of piperazine rings is 1. The van der Waals surface area contributed by atoms with Crippen molar-refractivity contribution < 1.29 is 9.47 Å². The largest absolute Gasteiger partial charge is 0.454 e. The van der Waals surface area contributed by atoms with Crippen LogP contribution in [0, 0.1) is 0 Å². The molecule has 1 saturated heterocycles. The Balaban J connectivity index is 1.84. The van der Waals surface area contributed by atoms with E-state index < -0.39 is 0 Å². The molecule has 0 spiro atoms. The van der Waals surface area contributed by atoms with Gasteiger partial charge in [-0.2, -0.15) is 0 Å². The van der Waals surface area contributed by atoms with E-state index in [0.29, 0.717) is 12.8 Å². The molecule has 0 aliphatic carbocycles. The summed E-state index contributed by atoms with van der Waals surface area (Å²) in [5, 5.41) is 0. The van der Waals surface area contributed by atoms with Gasteiger partial charge in [-0.05, 0) is 26.1 Å². The first kappa shape index (κ1) is 10.7. The molecular formula is C13H18N2O2. The predicted octanol–water partition coefficient (Wildman–Crippen LogP) is 1.56. The van der Waals surface area contributed by atoms with Gasteiger partial charge in [-0.25, -0.2) is 0 Å². The summed E-state index contributed by atoms with van der Waals surface area (Å²) in [6, 6.07) is 6.75. The summed E-state index contributed by atoms with van der Waals surface area (Å²) >= 11 is 0. The fourth-order valence-electron chi connectivity index (χ4n) is 2.59. The van der Waals surface area contributed by atoms with E-state index in [1.54, 1.807) is 0 Å². The van der Waals surface area contributed by atoms with E-state index in [0.717, 1.165) is 31.1 Å². The summed E-state index contributed by atoms with van der Waals surface area (Å²) in [7, 11) is 2.17. The van der Waals surface area contributed by atoms with Gasteiger partial charge >= 0.3 is 0 Å². The van der Waals surface area contributed by atoms with Gasteiger partial charge < -0.3 is 19.3 Å². The maximum atomic E-state index is 5.43. The molecule has 4 heteroatoms. The molecule has 0 bridgehead atoms. The Morgan fingerprint density at radius 1 is 1.18 bits per heavy atom. The lowest BCUT2D eigenvalue weighted by Gasteiger charge is -2.39. The quantitative estimate of drug-likeness (QED) is 0.736. The SMILES string of the molecule is CC1CN(C)CCN1c1ccc2c(c1)OCO2. The van der Waals surface area contributed by atoms with Gasteiger partial charge in [0.1, 0.15) is 0 Å². The van der Waals surface area contributed by atoms with Crippen LogP contribution < -0.4 is 14.4 Å². The molecular weight excluding hydrogens is 216 g/mol. The van der Waals surface area contributed by atoms with Gasteiger partial charge in [0.15, 0.2) is 11.5 Å². The van der Waals surface area contributed by atoms with Crippen LogP contribution >= 0.6 is 0 Å². The molecule has 0 saturated carbocycles. The number of hydrogen-bond acceptors (Lipinski definition) is 4. The Bertz CT molecular complexity index is 422. The number of benzene rings is 1. The molecule has 1 fully saturated rings. The van der Waals surface area contributed by atoms with Crippen molar-refractivity contribution in [1.29, 1.82) is 0 Å². The molecule has 1 aromatic carbocycles. The van der Waals surface area contributed by atoms with Gasteiger partial charge in [-0.1, -0.05) is 0 Å². The van der Waals surface area contributed by atoms with Crippen LogP contribution in [0.4, 0.5) is 5.69 Å². The third kappa shape index (κ3) is 1.93. The summed E-state index contributed by atoms with van der Waals surface area (Å²) in [6.07, 6.45) is 0. The fourth-order valence-corrected chi connectivity index (χ4v) is 2.59. The first-order valence-electron chi connectivity index (χ1n) is 6.09. The molecule has 4 nitrogen and oxygen atoms in total. The van der Waals surface area contributed by atoms with Crippen molar-refractivity contribution in [3.05, 3.63) is 18.2 Å². The van der Waals surface area contributed by atoms with Crippen LogP contribution in [-0.4, -0.2) is 44.4 Å². The maximum Gasteiger partial charge on any atom is 0.231 e. The van der Waals surface area contributed by atoms with E-state index in [2.05, 4.69) is 35.9 Å². The number of rotatable bonds is 1. The lowest BCUT2D eigenvalue weighted by atomic mass is 10.1. The summed E-state index contributed by atoms with van der Waals surface area (Å²) in [4.78, 5) is 4.80. The molecule has 0 radical (unpaired) electrons. The van der Waals surface area contributed by atoms with Gasteiger partial charge in [-0.15, -0.1) is 0 Å². The van der Waals surface area contributed by atoms with Gasteiger partial charge in [0.05, 0.1) is 0 Å². The lowest BCUT2D eigenvalue weighted by molar-refractivity contribution is 0.174. The van der Waals surface area contributed by atoms with E-state index in [-0.39, 0.29) is 0 Å². The molecule has 0 N–H and O–H groups in total. The molecule has 3 rings (SSSR count). The first-order valence-corrected chi connectivity index (χ1v) is 6.09. The minimum atomic E-state index is 0.344. The van der Waals surface area contributed by atoms with E-state index in [1.165, 1.54) is 5.69 Å². The zero-order valence-corrected chi connectivity index (χ0v) is 10.3. The summed E-state index contributed by atoms with van der Waals surface area (Å²) in [5.74, 6) is 1.73. The highest BCUT2D eigenvalue weighted by molar-refractivity contribution is 5.57. The second-order valence-corrected chi connectivity index (χ2v) is 4.84. The maximum absolute atomic E-state index is 5.43. The van der Waals surface area contributed by atoms with Gasteiger partial charge in [-0.3, -0.25) is 0 Å². The predicted molar refractivity (Wildman–Crippen MR) is 66.9 cm³/mol. The molecule has 17 heavy (non-hydrogen) atoms. The van der Waals surface area contributed by atoms with E-state index in [1.807, 2.05) is 6.07 Å². The number of nitrogens with zero attached hydrogens (tertiary/aromatic N) is 2. The highest BCUT2D eigenvalue weighted by Crippen LogP contribution is 2.36. The minimum Gasteiger partial charge on any atom is -0.454 e. The van der Waals surface area contributed by atoms with Crippen molar-refractivity contribution >= 4 is 5.69 Å².